The molecule has 1 N–H and O–H groups in total. The van der Waals surface area contributed by atoms with Crippen LogP contribution in [0.5, 0.6) is 11.5 Å². The van der Waals surface area contributed by atoms with Gasteiger partial charge >= 0.3 is 5.97 Å². The van der Waals surface area contributed by atoms with Gasteiger partial charge in [-0.2, -0.15) is 0 Å². The van der Waals surface area contributed by atoms with Crippen LogP contribution in [-0.2, 0) is 4.74 Å². The van der Waals surface area contributed by atoms with E-state index in [2.05, 4.69) is 0 Å². The lowest BCUT2D eigenvalue weighted by Crippen LogP contribution is -2.25. The number of benzene rings is 1. The minimum atomic E-state index is -1.44. The zero-order valence-corrected chi connectivity index (χ0v) is 17.3. The summed E-state index contributed by atoms with van der Waals surface area (Å²) in [7, 11) is 3.12. The fourth-order valence-corrected chi connectivity index (χ4v) is 4.63. The Morgan fingerprint density at radius 2 is 1.97 bits per heavy atom. The first-order valence-corrected chi connectivity index (χ1v) is 9.76. The molecule has 7 nitrogen and oxygen atoms in total. The summed E-state index contributed by atoms with van der Waals surface area (Å²) in [5.74, 6) is -1.49. The summed E-state index contributed by atoms with van der Waals surface area (Å²) in [5, 5.41) is 9.33. The van der Waals surface area contributed by atoms with Gasteiger partial charge in [-0.15, -0.1) is 0 Å². The second-order valence-corrected chi connectivity index (χ2v) is 8.28. The molecule has 30 heavy (non-hydrogen) atoms. The summed E-state index contributed by atoms with van der Waals surface area (Å²) >= 11 is 0. The van der Waals surface area contributed by atoms with E-state index in [0.29, 0.717) is 36.7 Å². The lowest BCUT2D eigenvalue weighted by molar-refractivity contribution is 0.0693. The molecule has 2 aromatic rings. The van der Waals surface area contributed by atoms with Crippen molar-refractivity contribution in [3.63, 3.8) is 0 Å². The fourth-order valence-electron chi connectivity index (χ4n) is 4.63. The van der Waals surface area contributed by atoms with Gasteiger partial charge in [0.05, 0.1) is 19.4 Å². The fraction of sp³-hybridized carbons (Fsp3) is 0.455. The smallest absolute Gasteiger partial charge is 0.341 e. The molecule has 2 unspecified atom stereocenters. The first kappa shape index (κ1) is 20.4. The number of aromatic carboxylic acids is 1. The molecule has 0 bridgehead atoms. The van der Waals surface area contributed by atoms with E-state index in [1.165, 1.54) is 13.3 Å². The van der Waals surface area contributed by atoms with Crippen molar-refractivity contribution in [2.45, 2.75) is 32.2 Å². The number of pyridine rings is 1. The van der Waals surface area contributed by atoms with Crippen molar-refractivity contribution in [3.05, 3.63) is 45.5 Å². The quantitative estimate of drug-likeness (QED) is 0.695. The predicted molar refractivity (Wildman–Crippen MR) is 107 cm³/mol. The third-order valence-corrected chi connectivity index (χ3v) is 6.16. The van der Waals surface area contributed by atoms with E-state index in [4.69, 9.17) is 14.2 Å². The Morgan fingerprint density at radius 1 is 1.23 bits per heavy atom. The SMILES string of the molecule is COCCCOc1cc2c(cc1OC)-c1c(F)c(=O)c(C(=O)O)cn1C1C2C1(C)C. The number of carboxylic acid groups (broad SMARTS) is 1. The Morgan fingerprint density at radius 3 is 2.60 bits per heavy atom. The van der Waals surface area contributed by atoms with Gasteiger partial charge in [0.2, 0.25) is 5.43 Å². The lowest BCUT2D eigenvalue weighted by atomic mass is 9.93. The summed E-state index contributed by atoms with van der Waals surface area (Å²) in [6.45, 7) is 5.09. The molecule has 0 saturated heterocycles. The topological polar surface area (TPSA) is 87.0 Å². The Hall–Kier alpha value is -2.87. The maximum atomic E-state index is 15.2. The minimum absolute atomic E-state index is 0.0378. The van der Waals surface area contributed by atoms with Gasteiger partial charge in [0, 0.05) is 43.9 Å². The molecule has 2 heterocycles. The second kappa shape index (κ2) is 7.12. The summed E-state index contributed by atoms with van der Waals surface area (Å²) in [5.41, 5.74) is -0.430. The van der Waals surface area contributed by atoms with Crippen LogP contribution >= 0.6 is 0 Å². The van der Waals surface area contributed by atoms with Gasteiger partial charge in [0.1, 0.15) is 5.56 Å². The van der Waals surface area contributed by atoms with Crippen LogP contribution in [0.1, 0.15) is 48.1 Å². The third-order valence-electron chi connectivity index (χ3n) is 6.16. The van der Waals surface area contributed by atoms with Gasteiger partial charge in [0.25, 0.3) is 0 Å². The monoisotopic (exact) mass is 417 g/mol. The van der Waals surface area contributed by atoms with Gasteiger partial charge < -0.3 is 23.9 Å². The number of methoxy groups -OCH3 is 2. The predicted octanol–water partition coefficient (Wildman–Crippen LogP) is 3.45. The first-order chi connectivity index (χ1) is 14.2. The van der Waals surface area contributed by atoms with Crippen LogP contribution in [0.3, 0.4) is 0 Å². The number of fused-ring (bicyclic) bond motifs is 6. The average Bonchev–Trinajstić information content (AvgIpc) is 3.29. The molecule has 1 aromatic carbocycles. The van der Waals surface area contributed by atoms with E-state index < -0.39 is 22.8 Å². The van der Waals surface area contributed by atoms with Gasteiger partial charge in [-0.05, 0) is 23.1 Å². The highest BCUT2D eigenvalue weighted by molar-refractivity contribution is 5.88. The van der Waals surface area contributed by atoms with Crippen LogP contribution in [-0.4, -0.2) is 43.1 Å². The zero-order chi connectivity index (χ0) is 21.8. The number of hydrogen-bond donors (Lipinski definition) is 1. The van der Waals surface area contributed by atoms with Crippen molar-refractivity contribution in [2.24, 2.45) is 5.41 Å². The maximum absolute atomic E-state index is 15.2. The van der Waals surface area contributed by atoms with Crippen molar-refractivity contribution in [3.8, 4) is 22.8 Å². The molecule has 1 aliphatic carbocycles. The van der Waals surface area contributed by atoms with Crippen molar-refractivity contribution in [1.82, 2.24) is 4.57 Å². The molecule has 0 amide bonds. The van der Waals surface area contributed by atoms with Crippen molar-refractivity contribution >= 4 is 5.97 Å². The van der Waals surface area contributed by atoms with E-state index in [1.807, 2.05) is 19.9 Å². The summed E-state index contributed by atoms with van der Waals surface area (Å²) in [6, 6.07) is 3.37. The Bertz CT molecular complexity index is 1090. The Balaban J connectivity index is 1.89. The molecule has 8 heteroatoms. The number of nitrogens with zero attached hydrogens (tertiary/aromatic N) is 1. The number of carboxylic acids is 1. The number of rotatable bonds is 7. The van der Waals surface area contributed by atoms with Crippen molar-refractivity contribution in [1.29, 1.82) is 0 Å². The molecule has 2 atom stereocenters. The highest BCUT2D eigenvalue weighted by atomic mass is 19.1. The van der Waals surface area contributed by atoms with Crippen LogP contribution in [0.2, 0.25) is 0 Å². The van der Waals surface area contributed by atoms with E-state index in [1.54, 1.807) is 17.7 Å². The van der Waals surface area contributed by atoms with Gasteiger partial charge in [-0.3, -0.25) is 4.79 Å². The molecular formula is C22H24FNO6. The number of aromatic nitrogens is 1. The van der Waals surface area contributed by atoms with E-state index in [0.717, 1.165) is 5.56 Å². The van der Waals surface area contributed by atoms with Crippen LogP contribution < -0.4 is 14.9 Å². The van der Waals surface area contributed by atoms with Crippen LogP contribution in [0, 0.1) is 11.2 Å². The molecule has 160 valence electrons. The van der Waals surface area contributed by atoms with Gasteiger partial charge in [0.15, 0.2) is 17.3 Å². The molecular weight excluding hydrogens is 393 g/mol. The molecule has 2 aliphatic rings. The zero-order valence-electron chi connectivity index (χ0n) is 17.3. The molecule has 1 fully saturated rings. The molecule has 1 aliphatic heterocycles. The summed E-state index contributed by atoms with van der Waals surface area (Å²) in [6.07, 6.45) is 1.97. The van der Waals surface area contributed by atoms with E-state index >= 15 is 4.39 Å². The van der Waals surface area contributed by atoms with E-state index in [-0.39, 0.29) is 23.1 Å². The Labute approximate surface area is 173 Å². The molecule has 4 rings (SSSR count). The standard InChI is InChI=1S/C22H24FNO6/c1-22(2)16-11-8-15(30-7-5-6-28-3)14(29-4)9-12(11)18-17(23)19(25)13(21(26)27)10-24(18)20(16)22/h8-10,16,20H,5-7H2,1-4H3,(H,26,27). The number of carbonyl (C=O) groups is 1. The highest BCUT2D eigenvalue weighted by Gasteiger charge is 2.63. The normalized spacial score (nSPS) is 20.0. The number of hydrogen-bond acceptors (Lipinski definition) is 5. The Kier molecular flexibility index (Phi) is 4.85. The van der Waals surface area contributed by atoms with Gasteiger partial charge in [-0.1, -0.05) is 13.8 Å². The minimum Gasteiger partial charge on any atom is -0.493 e. The average molecular weight is 417 g/mol. The maximum Gasteiger partial charge on any atom is 0.341 e. The van der Waals surface area contributed by atoms with E-state index in [9.17, 15) is 14.7 Å². The lowest BCUT2D eigenvalue weighted by Gasteiger charge is -2.24. The summed E-state index contributed by atoms with van der Waals surface area (Å²) in [4.78, 5) is 23.8. The molecule has 1 saturated carbocycles. The first-order valence-electron chi connectivity index (χ1n) is 9.76. The second-order valence-electron chi connectivity index (χ2n) is 8.28. The molecule has 1 aromatic heterocycles. The van der Waals surface area contributed by atoms with Gasteiger partial charge in [-0.25, -0.2) is 9.18 Å². The highest BCUT2D eigenvalue weighted by Crippen LogP contribution is 2.72. The largest absolute Gasteiger partial charge is 0.493 e. The van der Waals surface area contributed by atoms with Crippen LogP contribution in [0.15, 0.2) is 23.1 Å². The number of halogens is 1. The van der Waals surface area contributed by atoms with Crippen LogP contribution in [0.4, 0.5) is 4.39 Å². The third kappa shape index (κ3) is 2.89. The summed E-state index contributed by atoms with van der Waals surface area (Å²) < 4.78 is 33.1. The van der Waals surface area contributed by atoms with Crippen molar-refractivity contribution < 1.29 is 28.5 Å². The van der Waals surface area contributed by atoms with Crippen LogP contribution in [0.25, 0.3) is 11.3 Å². The number of ether oxygens (including phenoxy) is 3. The molecule has 0 radical (unpaired) electrons. The van der Waals surface area contributed by atoms with Crippen molar-refractivity contribution in [2.75, 3.05) is 27.4 Å². The molecule has 0 spiro atoms.